The summed E-state index contributed by atoms with van der Waals surface area (Å²) in [5, 5.41) is 11.6. The Bertz CT molecular complexity index is 1270. The minimum absolute atomic E-state index is 0.0949. The summed E-state index contributed by atoms with van der Waals surface area (Å²) in [4.78, 5) is 39.4. The molecule has 2 aromatic rings. The van der Waals surface area contributed by atoms with E-state index < -0.39 is 64.4 Å². The van der Waals surface area contributed by atoms with E-state index >= 15 is 0 Å². The van der Waals surface area contributed by atoms with Gasteiger partial charge in [-0.25, -0.2) is 15.6 Å². The molecular weight excluding hydrogens is 556 g/mol. The van der Waals surface area contributed by atoms with Gasteiger partial charge in [0, 0.05) is 44.1 Å². The number of hydrogen-bond donors (Lipinski definition) is 1. The van der Waals surface area contributed by atoms with E-state index in [1.165, 1.54) is 27.9 Å². The number of carbonyl (C=O) groups excluding carboxylic acids is 3. The summed E-state index contributed by atoms with van der Waals surface area (Å²) < 4.78 is 30.5. The van der Waals surface area contributed by atoms with Crippen LogP contribution in [0.5, 0.6) is 0 Å². The molecule has 0 bridgehead atoms. The molecule has 1 unspecified atom stereocenters. The highest BCUT2D eigenvalue weighted by Gasteiger charge is 2.52. The summed E-state index contributed by atoms with van der Waals surface area (Å²) in [6.07, 6.45) is -0.459. The smallest absolute Gasteiger partial charge is 0.303 e. The van der Waals surface area contributed by atoms with Gasteiger partial charge in [0.05, 0.1) is 36.0 Å². The fraction of sp³-hybridized carbons (Fsp3) is 0.577. The Morgan fingerprint density at radius 1 is 1.10 bits per heavy atom. The average molecular weight is 591 g/mol. The van der Waals surface area contributed by atoms with Crippen molar-refractivity contribution in [2.45, 2.75) is 61.7 Å². The molecule has 15 heteroatoms. The lowest BCUT2D eigenvalue weighted by Crippen LogP contribution is -2.58. The number of rotatable bonds is 9. The summed E-state index contributed by atoms with van der Waals surface area (Å²) in [6.45, 7) is 4.22. The molecule has 1 aromatic carbocycles. The van der Waals surface area contributed by atoms with Gasteiger partial charge in [0.25, 0.3) is 0 Å². The first-order chi connectivity index (χ1) is 19.7. The molecule has 2 aliphatic rings. The molecule has 4 rings (SSSR count). The van der Waals surface area contributed by atoms with E-state index in [1.54, 1.807) is 10.9 Å². The molecule has 0 radical (unpaired) electrons. The summed E-state index contributed by atoms with van der Waals surface area (Å²) in [7, 11) is 0.199. The number of azide groups is 1. The Labute approximate surface area is 239 Å². The van der Waals surface area contributed by atoms with Crippen molar-refractivity contribution in [3.63, 3.8) is 0 Å². The Hall–Kier alpha value is -3.65. The van der Waals surface area contributed by atoms with Crippen molar-refractivity contribution in [3.05, 3.63) is 47.0 Å². The standard InChI is InChI=1S/C26H34N6O8S/c1-15(33)38-13-23-26(40-17(3)35)24(29-30-27)21(36-4)14-41(23)22-12-37-11-20(25(22)39-16(2)34)32-10-19(28-31-32)18-8-6-5-7-9-18/h5-10,20-26,41H,11-14H2,1-4H3/t20-,21-,22+,23+,24-,25+,26-/m0/s1. The normalized spacial score (nSPS) is 30.4. The quantitative estimate of drug-likeness (QED) is 0.114. The van der Waals surface area contributed by atoms with Crippen LogP contribution < -0.4 is 0 Å². The SMILES string of the molecule is CO[C@H]1C[SH]([C@@H]2COC[C@H](n3cc(-c4ccccc4)nn3)[C@H]2OC(C)=O)[C@H](COC(C)=O)[C@H](OC(C)=O)[C@H]1N=[N+]=[N-]. The van der Waals surface area contributed by atoms with Gasteiger partial charge < -0.3 is 23.7 Å². The molecule has 0 saturated carbocycles. The largest absolute Gasteiger partial charge is 0.465 e. The fourth-order valence-electron chi connectivity index (χ4n) is 5.40. The lowest BCUT2D eigenvalue weighted by atomic mass is 10.0. The van der Waals surface area contributed by atoms with Crippen molar-refractivity contribution in [2.24, 2.45) is 5.11 Å². The molecule has 0 amide bonds. The van der Waals surface area contributed by atoms with Gasteiger partial charge in [-0.15, -0.1) is 5.10 Å². The van der Waals surface area contributed by atoms with Gasteiger partial charge in [-0.1, -0.05) is 40.7 Å². The first-order valence-corrected chi connectivity index (χ1v) is 14.8. The van der Waals surface area contributed by atoms with E-state index in [9.17, 15) is 19.9 Å². The number of hydrogen-bond acceptors (Lipinski definition) is 11. The van der Waals surface area contributed by atoms with Crippen LogP contribution in [0.4, 0.5) is 0 Å². The summed E-state index contributed by atoms with van der Waals surface area (Å²) in [5.74, 6) is -1.19. The van der Waals surface area contributed by atoms with Crippen LogP contribution in [0.3, 0.4) is 0 Å². The molecule has 0 spiro atoms. The van der Waals surface area contributed by atoms with E-state index in [0.29, 0.717) is 11.4 Å². The molecule has 1 aromatic heterocycles. The Kier molecular flexibility index (Phi) is 10.2. The van der Waals surface area contributed by atoms with Crippen LogP contribution in [-0.4, -0.2) is 100 Å². The zero-order chi connectivity index (χ0) is 29.5. The van der Waals surface area contributed by atoms with Crippen LogP contribution >= 0.6 is 10.9 Å². The van der Waals surface area contributed by atoms with E-state index in [1.807, 2.05) is 30.3 Å². The van der Waals surface area contributed by atoms with Gasteiger partial charge in [0.2, 0.25) is 0 Å². The minimum atomic E-state index is -1.29. The number of nitrogens with zero attached hydrogens (tertiary/aromatic N) is 6. The van der Waals surface area contributed by atoms with Crippen molar-refractivity contribution in [3.8, 4) is 11.3 Å². The predicted molar refractivity (Wildman–Crippen MR) is 148 cm³/mol. The number of carbonyl (C=O) groups is 3. The second kappa shape index (κ2) is 13.8. The Balaban J connectivity index is 1.73. The number of benzene rings is 1. The van der Waals surface area contributed by atoms with Crippen molar-refractivity contribution in [1.29, 1.82) is 0 Å². The maximum atomic E-state index is 12.4. The van der Waals surface area contributed by atoms with E-state index in [0.717, 1.165) is 5.56 Å². The topological polar surface area (TPSA) is 177 Å². The summed E-state index contributed by atoms with van der Waals surface area (Å²) in [5.41, 5.74) is 10.8. The molecule has 0 aliphatic carbocycles. The highest BCUT2D eigenvalue weighted by molar-refractivity contribution is 8.18. The maximum Gasteiger partial charge on any atom is 0.303 e. The number of thiol groups is 1. The molecule has 8 atom stereocenters. The monoisotopic (exact) mass is 590 g/mol. The van der Waals surface area contributed by atoms with Crippen LogP contribution in [-0.2, 0) is 38.1 Å². The third kappa shape index (κ3) is 7.17. The molecular formula is C26H34N6O8S. The van der Waals surface area contributed by atoms with Gasteiger partial charge in [-0.2, -0.15) is 0 Å². The van der Waals surface area contributed by atoms with Gasteiger partial charge in [-0.05, 0) is 5.53 Å². The molecule has 222 valence electrons. The predicted octanol–water partition coefficient (Wildman–Crippen LogP) is 2.39. The summed E-state index contributed by atoms with van der Waals surface area (Å²) in [6, 6.07) is 8.19. The van der Waals surface area contributed by atoms with Crippen molar-refractivity contribution in [2.75, 3.05) is 32.7 Å². The minimum Gasteiger partial charge on any atom is -0.465 e. The average Bonchev–Trinajstić information content (AvgIpc) is 3.43. The van der Waals surface area contributed by atoms with Crippen molar-refractivity contribution >= 4 is 28.8 Å². The van der Waals surface area contributed by atoms with Crippen LogP contribution in [0.1, 0.15) is 26.8 Å². The second-order valence-electron chi connectivity index (χ2n) is 9.81. The number of aromatic nitrogens is 3. The molecule has 3 heterocycles. The molecule has 2 saturated heterocycles. The van der Waals surface area contributed by atoms with Crippen LogP contribution in [0, 0.1) is 0 Å². The van der Waals surface area contributed by atoms with Crippen LogP contribution in [0.25, 0.3) is 21.7 Å². The Morgan fingerprint density at radius 3 is 2.44 bits per heavy atom. The number of esters is 3. The van der Waals surface area contributed by atoms with E-state index in [4.69, 9.17) is 23.7 Å². The molecule has 2 aliphatic heterocycles. The zero-order valence-electron chi connectivity index (χ0n) is 23.2. The third-order valence-corrected chi connectivity index (χ3v) is 10.5. The van der Waals surface area contributed by atoms with Gasteiger partial charge >= 0.3 is 17.9 Å². The van der Waals surface area contributed by atoms with E-state index in [2.05, 4.69) is 20.3 Å². The first kappa shape index (κ1) is 30.3. The van der Waals surface area contributed by atoms with Crippen LogP contribution in [0.2, 0.25) is 0 Å². The van der Waals surface area contributed by atoms with Gasteiger partial charge in [0.1, 0.15) is 36.6 Å². The van der Waals surface area contributed by atoms with Crippen molar-refractivity contribution < 1.29 is 38.1 Å². The van der Waals surface area contributed by atoms with Gasteiger partial charge in [-0.3, -0.25) is 14.4 Å². The summed E-state index contributed by atoms with van der Waals surface area (Å²) >= 11 is 0. The maximum absolute atomic E-state index is 12.4. The fourth-order valence-corrected chi connectivity index (χ4v) is 9.03. The lowest BCUT2D eigenvalue weighted by molar-refractivity contribution is -0.154. The van der Waals surface area contributed by atoms with Gasteiger partial charge in [0.15, 0.2) is 0 Å². The number of methoxy groups -OCH3 is 1. The van der Waals surface area contributed by atoms with E-state index in [-0.39, 0.29) is 25.1 Å². The first-order valence-electron chi connectivity index (χ1n) is 13.1. The third-order valence-electron chi connectivity index (χ3n) is 7.14. The second-order valence-corrected chi connectivity index (χ2v) is 12.5. The zero-order valence-corrected chi connectivity index (χ0v) is 24.1. The molecule has 14 nitrogen and oxygen atoms in total. The lowest BCUT2D eigenvalue weighted by Gasteiger charge is -2.52. The van der Waals surface area contributed by atoms with Crippen LogP contribution in [0.15, 0.2) is 41.6 Å². The van der Waals surface area contributed by atoms with Crippen molar-refractivity contribution in [1.82, 2.24) is 15.0 Å². The number of ether oxygens (including phenoxy) is 5. The molecule has 2 fully saturated rings. The molecule has 41 heavy (non-hydrogen) atoms. The Morgan fingerprint density at radius 2 is 1.80 bits per heavy atom. The highest BCUT2D eigenvalue weighted by Crippen LogP contribution is 2.51. The highest BCUT2D eigenvalue weighted by atomic mass is 32.2. The molecule has 0 N–H and O–H groups in total.